The SMILES string of the molecule is COC[C@H]1CCc2nnc(-c3cccc(Br)n3)n21. The van der Waals surface area contributed by atoms with Crippen LogP contribution in [0.25, 0.3) is 11.5 Å². The molecule has 6 heteroatoms. The third-order valence-corrected chi connectivity index (χ3v) is 3.58. The predicted molar refractivity (Wildman–Crippen MR) is 70.2 cm³/mol. The molecular weight excluding hydrogens is 296 g/mol. The maximum absolute atomic E-state index is 5.26. The van der Waals surface area contributed by atoms with Crippen LogP contribution < -0.4 is 0 Å². The third kappa shape index (κ3) is 1.95. The summed E-state index contributed by atoms with van der Waals surface area (Å²) in [6, 6.07) is 6.12. The number of methoxy groups -OCH3 is 1. The maximum Gasteiger partial charge on any atom is 0.183 e. The van der Waals surface area contributed by atoms with Crippen LogP contribution in [-0.4, -0.2) is 33.5 Å². The first-order valence-electron chi connectivity index (χ1n) is 5.85. The average Bonchev–Trinajstić information content (AvgIpc) is 2.92. The van der Waals surface area contributed by atoms with Gasteiger partial charge in [0, 0.05) is 13.5 Å². The van der Waals surface area contributed by atoms with Crippen molar-refractivity contribution in [2.75, 3.05) is 13.7 Å². The van der Waals surface area contributed by atoms with Gasteiger partial charge in [-0.15, -0.1) is 10.2 Å². The minimum atomic E-state index is 0.316. The number of halogens is 1. The van der Waals surface area contributed by atoms with E-state index in [1.165, 1.54) is 0 Å². The van der Waals surface area contributed by atoms with Gasteiger partial charge in [0.2, 0.25) is 0 Å². The van der Waals surface area contributed by atoms with Crippen LogP contribution in [0.5, 0.6) is 0 Å². The molecule has 0 saturated carbocycles. The van der Waals surface area contributed by atoms with Crippen molar-refractivity contribution in [3.05, 3.63) is 28.6 Å². The second-order valence-electron chi connectivity index (χ2n) is 4.30. The van der Waals surface area contributed by atoms with Gasteiger partial charge in [-0.25, -0.2) is 4.98 Å². The molecule has 5 nitrogen and oxygen atoms in total. The summed E-state index contributed by atoms with van der Waals surface area (Å²) in [4.78, 5) is 4.44. The van der Waals surface area contributed by atoms with E-state index in [0.717, 1.165) is 34.8 Å². The standard InChI is InChI=1S/C12H13BrN4O/c1-18-7-8-5-6-11-15-16-12(17(8)11)9-3-2-4-10(13)14-9/h2-4,8H,5-7H2,1H3/t8-/m1/s1. The molecule has 0 radical (unpaired) electrons. The predicted octanol–water partition coefficient (Wildman–Crippen LogP) is 2.24. The lowest BCUT2D eigenvalue weighted by atomic mass is 10.2. The molecule has 0 aromatic carbocycles. The van der Waals surface area contributed by atoms with Crippen LogP contribution in [0.4, 0.5) is 0 Å². The number of ether oxygens (including phenoxy) is 1. The Balaban J connectivity index is 2.04. The van der Waals surface area contributed by atoms with E-state index in [2.05, 4.69) is 35.7 Å². The van der Waals surface area contributed by atoms with E-state index >= 15 is 0 Å². The normalized spacial score (nSPS) is 18.0. The number of aryl methyl sites for hydroxylation is 1. The van der Waals surface area contributed by atoms with Crippen molar-refractivity contribution in [3.8, 4) is 11.5 Å². The molecule has 0 fully saturated rings. The van der Waals surface area contributed by atoms with Gasteiger partial charge in [-0.3, -0.25) is 0 Å². The largest absolute Gasteiger partial charge is 0.383 e. The lowest BCUT2D eigenvalue weighted by Crippen LogP contribution is -2.12. The van der Waals surface area contributed by atoms with Gasteiger partial charge >= 0.3 is 0 Å². The van der Waals surface area contributed by atoms with Crippen LogP contribution in [-0.2, 0) is 11.2 Å². The van der Waals surface area contributed by atoms with Gasteiger partial charge < -0.3 is 9.30 Å². The number of pyridine rings is 1. The fraction of sp³-hybridized carbons (Fsp3) is 0.417. The van der Waals surface area contributed by atoms with Crippen molar-refractivity contribution < 1.29 is 4.74 Å². The van der Waals surface area contributed by atoms with E-state index in [1.807, 2.05) is 18.2 Å². The highest BCUT2D eigenvalue weighted by molar-refractivity contribution is 9.10. The zero-order valence-electron chi connectivity index (χ0n) is 10.0. The summed E-state index contributed by atoms with van der Waals surface area (Å²) in [7, 11) is 1.72. The molecule has 3 rings (SSSR count). The number of hydrogen-bond acceptors (Lipinski definition) is 4. The van der Waals surface area contributed by atoms with Crippen molar-refractivity contribution in [2.45, 2.75) is 18.9 Å². The molecule has 0 amide bonds. The summed E-state index contributed by atoms with van der Waals surface area (Å²) in [5, 5.41) is 8.49. The molecule has 3 heterocycles. The van der Waals surface area contributed by atoms with Gasteiger partial charge in [0.25, 0.3) is 0 Å². The second kappa shape index (κ2) is 4.78. The monoisotopic (exact) mass is 308 g/mol. The van der Waals surface area contributed by atoms with Crippen LogP contribution in [0, 0.1) is 0 Å². The molecule has 94 valence electrons. The third-order valence-electron chi connectivity index (χ3n) is 3.14. The van der Waals surface area contributed by atoms with E-state index in [0.29, 0.717) is 12.6 Å². The average molecular weight is 309 g/mol. The molecule has 0 saturated heterocycles. The van der Waals surface area contributed by atoms with Gasteiger partial charge in [-0.05, 0) is 34.5 Å². The van der Waals surface area contributed by atoms with Crippen molar-refractivity contribution in [1.29, 1.82) is 0 Å². The van der Waals surface area contributed by atoms with E-state index in [-0.39, 0.29) is 0 Å². The molecule has 0 bridgehead atoms. The molecule has 0 N–H and O–H groups in total. The molecule has 2 aromatic heterocycles. The highest BCUT2D eigenvalue weighted by Gasteiger charge is 2.27. The van der Waals surface area contributed by atoms with Gasteiger partial charge in [-0.1, -0.05) is 6.07 Å². The number of nitrogens with zero attached hydrogens (tertiary/aromatic N) is 4. The summed E-state index contributed by atoms with van der Waals surface area (Å²) in [5.41, 5.74) is 0.839. The summed E-state index contributed by atoms with van der Waals surface area (Å²) in [5.74, 6) is 1.85. The fourth-order valence-electron chi connectivity index (χ4n) is 2.36. The highest BCUT2D eigenvalue weighted by Crippen LogP contribution is 2.30. The smallest absolute Gasteiger partial charge is 0.183 e. The van der Waals surface area contributed by atoms with Crippen molar-refractivity contribution in [2.24, 2.45) is 0 Å². The molecular formula is C12H13BrN4O. The molecule has 0 aliphatic carbocycles. The molecule has 0 spiro atoms. The zero-order chi connectivity index (χ0) is 12.5. The van der Waals surface area contributed by atoms with Crippen molar-refractivity contribution >= 4 is 15.9 Å². The molecule has 0 unspecified atom stereocenters. The molecule has 2 aromatic rings. The lowest BCUT2D eigenvalue weighted by Gasteiger charge is -2.13. The molecule has 1 aliphatic heterocycles. The Bertz CT molecular complexity index is 569. The quantitative estimate of drug-likeness (QED) is 0.816. The Morgan fingerprint density at radius 1 is 1.44 bits per heavy atom. The number of hydrogen-bond donors (Lipinski definition) is 0. The topological polar surface area (TPSA) is 52.8 Å². The second-order valence-corrected chi connectivity index (χ2v) is 5.12. The van der Waals surface area contributed by atoms with Crippen LogP contribution >= 0.6 is 15.9 Å². The fourth-order valence-corrected chi connectivity index (χ4v) is 2.70. The Morgan fingerprint density at radius 3 is 3.11 bits per heavy atom. The van der Waals surface area contributed by atoms with E-state index in [9.17, 15) is 0 Å². The molecule has 18 heavy (non-hydrogen) atoms. The first-order chi connectivity index (χ1) is 8.79. The van der Waals surface area contributed by atoms with Crippen LogP contribution in [0.3, 0.4) is 0 Å². The Labute approximate surface area is 113 Å². The van der Waals surface area contributed by atoms with Crippen LogP contribution in [0.15, 0.2) is 22.8 Å². The van der Waals surface area contributed by atoms with Crippen molar-refractivity contribution in [3.63, 3.8) is 0 Å². The molecule has 1 aliphatic rings. The van der Waals surface area contributed by atoms with E-state index < -0.39 is 0 Å². The highest BCUT2D eigenvalue weighted by atomic mass is 79.9. The minimum Gasteiger partial charge on any atom is -0.383 e. The van der Waals surface area contributed by atoms with Gasteiger partial charge in [0.15, 0.2) is 5.82 Å². The maximum atomic E-state index is 5.26. The molecule has 1 atom stereocenters. The van der Waals surface area contributed by atoms with Crippen LogP contribution in [0.1, 0.15) is 18.3 Å². The van der Waals surface area contributed by atoms with Gasteiger partial charge in [-0.2, -0.15) is 0 Å². The zero-order valence-corrected chi connectivity index (χ0v) is 11.6. The van der Waals surface area contributed by atoms with Gasteiger partial charge in [0.05, 0.1) is 12.6 Å². The summed E-state index contributed by atoms with van der Waals surface area (Å²) in [6.07, 6.45) is 2.01. The van der Waals surface area contributed by atoms with Crippen LogP contribution in [0.2, 0.25) is 0 Å². The number of rotatable bonds is 3. The first-order valence-corrected chi connectivity index (χ1v) is 6.64. The van der Waals surface area contributed by atoms with E-state index in [1.54, 1.807) is 7.11 Å². The Morgan fingerprint density at radius 2 is 2.33 bits per heavy atom. The lowest BCUT2D eigenvalue weighted by molar-refractivity contribution is 0.159. The Kier molecular flexibility index (Phi) is 3.13. The first kappa shape index (κ1) is 11.8. The number of aromatic nitrogens is 4. The number of fused-ring (bicyclic) bond motifs is 1. The van der Waals surface area contributed by atoms with Crippen molar-refractivity contribution in [1.82, 2.24) is 19.7 Å². The van der Waals surface area contributed by atoms with Gasteiger partial charge in [0.1, 0.15) is 16.1 Å². The summed E-state index contributed by atoms with van der Waals surface area (Å²) >= 11 is 3.38. The van der Waals surface area contributed by atoms with E-state index in [4.69, 9.17) is 4.74 Å². The summed E-state index contributed by atoms with van der Waals surface area (Å²) in [6.45, 7) is 0.687. The summed E-state index contributed by atoms with van der Waals surface area (Å²) < 4.78 is 8.22. The Hall–Kier alpha value is -1.27. The minimum absolute atomic E-state index is 0.316.